The second kappa shape index (κ2) is 10.6. The average Bonchev–Trinajstić information content (AvgIpc) is 2.72. The highest BCUT2D eigenvalue weighted by molar-refractivity contribution is 7.98. The van der Waals surface area contributed by atoms with Gasteiger partial charge in [-0.15, -0.1) is 11.8 Å². The third-order valence-corrected chi connectivity index (χ3v) is 6.47. The predicted octanol–water partition coefficient (Wildman–Crippen LogP) is 2.74. The number of amides is 1. The Hall–Kier alpha value is -2.67. The number of hydrogen-bond acceptors (Lipinski definition) is 8. The Kier molecular flexibility index (Phi) is 8.39. The van der Waals surface area contributed by atoms with Gasteiger partial charge in [0.15, 0.2) is 6.61 Å². The smallest absolute Gasteiger partial charge is 0.321 e. The number of nitro groups is 1. The number of anilines is 1. The number of benzene rings is 2. The van der Waals surface area contributed by atoms with E-state index < -0.39 is 40.0 Å². The molecule has 0 aromatic heterocycles. The van der Waals surface area contributed by atoms with E-state index in [-0.39, 0.29) is 10.6 Å². The first kappa shape index (κ1) is 24.6. The fourth-order valence-electron chi connectivity index (χ4n) is 2.28. The Labute approximate surface area is 187 Å². The van der Waals surface area contributed by atoms with Crippen LogP contribution in [0.2, 0.25) is 5.02 Å². The van der Waals surface area contributed by atoms with Crippen LogP contribution in [0.1, 0.15) is 5.56 Å². The quantitative estimate of drug-likeness (QED) is 0.237. The van der Waals surface area contributed by atoms with Crippen LogP contribution in [0.4, 0.5) is 11.4 Å². The van der Waals surface area contributed by atoms with E-state index in [4.69, 9.17) is 16.3 Å². The van der Waals surface area contributed by atoms with Crippen LogP contribution in [0, 0.1) is 17.0 Å². The molecule has 0 aliphatic heterocycles. The highest BCUT2D eigenvalue weighted by Gasteiger charge is 2.22. The van der Waals surface area contributed by atoms with E-state index in [0.717, 1.165) is 23.4 Å². The molecule has 0 unspecified atom stereocenters. The molecule has 10 nitrogen and oxygen atoms in total. The Balaban J connectivity index is 1.91. The van der Waals surface area contributed by atoms with Crippen LogP contribution in [0.5, 0.6) is 0 Å². The summed E-state index contributed by atoms with van der Waals surface area (Å²) in [5, 5.41) is 14.0. The van der Waals surface area contributed by atoms with Gasteiger partial charge in [0.25, 0.3) is 11.6 Å². The SMILES string of the molecule is CSc1ccc(S(=O)(=O)NCC(=O)OCC(=O)Nc2ccc(C)c(Cl)c2)cc1[N+](=O)[O-]. The molecular formula is C18H18ClN3O7S2. The number of esters is 1. The van der Waals surface area contributed by atoms with Crippen molar-refractivity contribution in [3.63, 3.8) is 0 Å². The summed E-state index contributed by atoms with van der Waals surface area (Å²) in [6.07, 6.45) is 1.62. The van der Waals surface area contributed by atoms with Gasteiger partial charge in [0.2, 0.25) is 10.0 Å². The number of nitro benzene ring substituents is 1. The molecule has 0 bridgehead atoms. The molecule has 0 aliphatic rings. The summed E-state index contributed by atoms with van der Waals surface area (Å²) in [6.45, 7) is 0.399. The number of aryl methyl sites for hydroxylation is 1. The molecule has 2 N–H and O–H groups in total. The Morgan fingerprint density at radius 1 is 1.23 bits per heavy atom. The summed E-state index contributed by atoms with van der Waals surface area (Å²) < 4.78 is 31.3. The summed E-state index contributed by atoms with van der Waals surface area (Å²) in [6, 6.07) is 8.25. The maximum absolute atomic E-state index is 12.3. The van der Waals surface area contributed by atoms with Gasteiger partial charge in [0.05, 0.1) is 14.7 Å². The molecule has 31 heavy (non-hydrogen) atoms. The number of carbonyl (C=O) groups excluding carboxylic acids is 2. The second-order valence-electron chi connectivity index (χ2n) is 6.09. The van der Waals surface area contributed by atoms with E-state index in [2.05, 4.69) is 5.32 Å². The Bertz CT molecular complexity index is 1120. The number of ether oxygens (including phenoxy) is 1. The van der Waals surface area contributed by atoms with E-state index in [0.29, 0.717) is 15.6 Å². The zero-order chi connectivity index (χ0) is 23.2. The minimum Gasteiger partial charge on any atom is -0.455 e. The first-order valence-electron chi connectivity index (χ1n) is 8.57. The summed E-state index contributed by atoms with van der Waals surface area (Å²) in [7, 11) is -4.21. The standard InChI is InChI=1S/C18H18ClN3O7S2/c1-11-3-4-12(7-14(11)19)21-17(23)10-29-18(24)9-20-31(27,28)13-5-6-16(30-2)15(8-13)22(25)26/h3-8,20H,9-10H2,1-2H3,(H,21,23). The molecule has 0 aliphatic carbocycles. The van der Waals surface area contributed by atoms with Crippen LogP contribution in [-0.4, -0.2) is 44.6 Å². The lowest BCUT2D eigenvalue weighted by molar-refractivity contribution is -0.388. The van der Waals surface area contributed by atoms with Crippen LogP contribution in [0.3, 0.4) is 0 Å². The molecule has 0 atom stereocenters. The number of nitrogens with zero attached hydrogens (tertiary/aromatic N) is 1. The second-order valence-corrected chi connectivity index (χ2v) is 9.11. The van der Waals surface area contributed by atoms with Crippen LogP contribution < -0.4 is 10.0 Å². The maximum atomic E-state index is 12.3. The van der Waals surface area contributed by atoms with Gasteiger partial charge in [-0.05, 0) is 43.0 Å². The molecule has 0 fully saturated rings. The lowest BCUT2D eigenvalue weighted by Crippen LogP contribution is -2.32. The summed E-state index contributed by atoms with van der Waals surface area (Å²) >= 11 is 7.06. The monoisotopic (exact) mass is 487 g/mol. The van der Waals surface area contributed by atoms with Crippen molar-refractivity contribution < 1.29 is 27.7 Å². The average molecular weight is 488 g/mol. The fraction of sp³-hybridized carbons (Fsp3) is 0.222. The number of halogens is 1. The van der Waals surface area contributed by atoms with E-state index in [1.807, 2.05) is 4.72 Å². The van der Waals surface area contributed by atoms with Gasteiger partial charge < -0.3 is 10.1 Å². The van der Waals surface area contributed by atoms with E-state index in [9.17, 15) is 28.1 Å². The van der Waals surface area contributed by atoms with Crippen molar-refractivity contribution in [1.29, 1.82) is 0 Å². The number of sulfonamides is 1. The minimum atomic E-state index is -4.21. The van der Waals surface area contributed by atoms with Gasteiger partial charge >= 0.3 is 5.97 Å². The summed E-state index contributed by atoms with van der Waals surface area (Å²) in [4.78, 5) is 34.0. The van der Waals surface area contributed by atoms with Crippen molar-refractivity contribution >= 4 is 56.6 Å². The van der Waals surface area contributed by atoms with Gasteiger partial charge in [-0.25, -0.2) is 8.42 Å². The van der Waals surface area contributed by atoms with E-state index >= 15 is 0 Å². The molecule has 0 radical (unpaired) electrons. The molecule has 13 heteroatoms. The molecule has 0 saturated carbocycles. The Morgan fingerprint density at radius 3 is 2.55 bits per heavy atom. The van der Waals surface area contributed by atoms with Crippen LogP contribution in [0.25, 0.3) is 0 Å². The van der Waals surface area contributed by atoms with Crippen LogP contribution >= 0.6 is 23.4 Å². The molecular weight excluding hydrogens is 470 g/mol. The van der Waals surface area contributed by atoms with Crippen molar-refractivity contribution in [3.8, 4) is 0 Å². The zero-order valence-electron chi connectivity index (χ0n) is 16.4. The summed E-state index contributed by atoms with van der Waals surface area (Å²) in [5.74, 6) is -1.64. The molecule has 166 valence electrons. The first-order chi connectivity index (χ1) is 14.5. The van der Waals surface area contributed by atoms with Gasteiger partial charge in [0, 0.05) is 16.8 Å². The van der Waals surface area contributed by atoms with Crippen LogP contribution in [0.15, 0.2) is 46.2 Å². The number of carbonyl (C=O) groups is 2. The van der Waals surface area contributed by atoms with Gasteiger partial charge in [-0.3, -0.25) is 19.7 Å². The number of nitrogens with one attached hydrogen (secondary N) is 2. The highest BCUT2D eigenvalue weighted by Crippen LogP contribution is 2.29. The third-order valence-electron chi connectivity index (χ3n) is 3.88. The minimum absolute atomic E-state index is 0.296. The number of hydrogen-bond donors (Lipinski definition) is 2. The molecule has 0 heterocycles. The highest BCUT2D eigenvalue weighted by atomic mass is 35.5. The van der Waals surface area contributed by atoms with Gasteiger partial charge in [-0.2, -0.15) is 4.72 Å². The molecule has 2 aromatic rings. The first-order valence-corrected chi connectivity index (χ1v) is 11.7. The lowest BCUT2D eigenvalue weighted by Gasteiger charge is -2.09. The van der Waals surface area contributed by atoms with Crippen molar-refractivity contribution in [2.24, 2.45) is 0 Å². The topological polar surface area (TPSA) is 145 Å². The Morgan fingerprint density at radius 2 is 1.94 bits per heavy atom. The molecule has 2 aromatic carbocycles. The van der Waals surface area contributed by atoms with E-state index in [1.54, 1.807) is 25.3 Å². The fourth-order valence-corrected chi connectivity index (χ4v) is 4.00. The van der Waals surface area contributed by atoms with Crippen molar-refractivity contribution in [1.82, 2.24) is 4.72 Å². The number of rotatable bonds is 9. The van der Waals surface area contributed by atoms with Crippen molar-refractivity contribution in [2.75, 3.05) is 24.7 Å². The molecule has 0 spiro atoms. The third kappa shape index (κ3) is 6.92. The molecule has 1 amide bonds. The van der Waals surface area contributed by atoms with Gasteiger partial charge in [0.1, 0.15) is 6.54 Å². The summed E-state index contributed by atoms with van der Waals surface area (Å²) in [5.41, 5.74) is 0.866. The van der Waals surface area contributed by atoms with Gasteiger partial charge in [-0.1, -0.05) is 17.7 Å². The lowest BCUT2D eigenvalue weighted by atomic mass is 10.2. The largest absolute Gasteiger partial charge is 0.455 e. The predicted molar refractivity (Wildman–Crippen MR) is 116 cm³/mol. The van der Waals surface area contributed by atoms with Crippen molar-refractivity contribution in [2.45, 2.75) is 16.7 Å². The molecule has 0 saturated heterocycles. The van der Waals surface area contributed by atoms with E-state index in [1.165, 1.54) is 18.2 Å². The normalized spacial score (nSPS) is 11.1. The molecule has 2 rings (SSSR count). The maximum Gasteiger partial charge on any atom is 0.321 e. The zero-order valence-corrected chi connectivity index (χ0v) is 18.8. The number of thioether (sulfide) groups is 1. The van der Waals surface area contributed by atoms with Crippen molar-refractivity contribution in [3.05, 3.63) is 57.1 Å². The van der Waals surface area contributed by atoms with Crippen LogP contribution in [-0.2, 0) is 24.3 Å².